The van der Waals surface area contributed by atoms with Crippen molar-refractivity contribution in [3.8, 4) is 0 Å². The van der Waals surface area contributed by atoms with Crippen molar-refractivity contribution in [2.75, 3.05) is 19.7 Å². The fourth-order valence-corrected chi connectivity index (χ4v) is 2.68. The minimum atomic E-state index is -0.450. The molecular weight excluding hydrogens is 292 g/mol. The minimum Gasteiger partial charge on any atom is -0.444 e. The van der Waals surface area contributed by atoms with Gasteiger partial charge in [-0.05, 0) is 52.7 Å². The molecule has 5 heteroatoms. The van der Waals surface area contributed by atoms with Crippen molar-refractivity contribution in [2.45, 2.75) is 52.2 Å². The molecule has 0 N–H and O–H groups in total. The summed E-state index contributed by atoms with van der Waals surface area (Å²) < 4.78 is 11.4. The Morgan fingerprint density at radius 2 is 2.22 bits per heavy atom. The molecule has 128 valence electrons. The zero-order valence-electron chi connectivity index (χ0n) is 14.6. The van der Waals surface area contributed by atoms with E-state index < -0.39 is 5.60 Å². The number of ether oxygens (including phenoxy) is 2. The summed E-state index contributed by atoms with van der Waals surface area (Å²) in [5.74, 6) is 0.349. The smallest absolute Gasteiger partial charge is 0.410 e. The number of likely N-dealkylation sites (tertiary alicyclic amines) is 1. The largest absolute Gasteiger partial charge is 0.444 e. The van der Waals surface area contributed by atoms with Gasteiger partial charge in [0, 0.05) is 25.2 Å². The maximum Gasteiger partial charge on any atom is 0.410 e. The molecule has 1 aliphatic heterocycles. The van der Waals surface area contributed by atoms with Crippen LogP contribution in [0.2, 0.25) is 0 Å². The van der Waals surface area contributed by atoms with Gasteiger partial charge in [0.1, 0.15) is 5.60 Å². The van der Waals surface area contributed by atoms with Crippen LogP contribution in [0, 0.1) is 5.92 Å². The number of hydrogen-bond acceptors (Lipinski definition) is 4. The van der Waals surface area contributed by atoms with Crippen molar-refractivity contribution in [3.63, 3.8) is 0 Å². The van der Waals surface area contributed by atoms with Crippen LogP contribution in [-0.4, -0.2) is 41.3 Å². The minimum absolute atomic E-state index is 0.0342. The molecule has 0 unspecified atom stereocenters. The first-order valence-corrected chi connectivity index (χ1v) is 8.35. The van der Waals surface area contributed by atoms with E-state index in [0.29, 0.717) is 19.1 Å². The molecule has 0 radical (unpaired) electrons. The predicted octanol–water partition coefficient (Wildman–Crippen LogP) is 3.81. The van der Waals surface area contributed by atoms with Crippen molar-refractivity contribution in [2.24, 2.45) is 5.92 Å². The highest BCUT2D eigenvalue weighted by atomic mass is 16.6. The van der Waals surface area contributed by atoms with E-state index in [2.05, 4.69) is 4.98 Å². The molecule has 0 aromatic carbocycles. The Labute approximate surface area is 139 Å². The molecule has 5 nitrogen and oxygen atoms in total. The van der Waals surface area contributed by atoms with Gasteiger partial charge in [-0.1, -0.05) is 6.07 Å². The Morgan fingerprint density at radius 3 is 2.87 bits per heavy atom. The summed E-state index contributed by atoms with van der Waals surface area (Å²) in [6, 6.07) is 5.83. The molecule has 1 fully saturated rings. The van der Waals surface area contributed by atoms with Gasteiger partial charge in [-0.25, -0.2) is 4.79 Å². The standard InChI is InChI=1S/C18H28N2O3/c1-14(16-9-5-6-10-19-16)22-13-15-8-7-11-20(12-15)17(21)23-18(2,3)4/h5-6,9-10,14-15H,7-8,11-13H2,1-4H3/t14-,15+/m1/s1. The lowest BCUT2D eigenvalue weighted by Crippen LogP contribution is -2.43. The van der Waals surface area contributed by atoms with Crippen molar-refractivity contribution < 1.29 is 14.3 Å². The molecular formula is C18H28N2O3. The molecule has 1 aliphatic rings. The summed E-state index contributed by atoms with van der Waals surface area (Å²) in [5, 5.41) is 0. The van der Waals surface area contributed by atoms with E-state index in [1.807, 2.05) is 45.9 Å². The van der Waals surface area contributed by atoms with Crippen LogP contribution in [0.4, 0.5) is 4.79 Å². The molecule has 0 aliphatic carbocycles. The van der Waals surface area contributed by atoms with Gasteiger partial charge in [0.05, 0.1) is 18.4 Å². The fraction of sp³-hybridized carbons (Fsp3) is 0.667. The van der Waals surface area contributed by atoms with Gasteiger partial charge in [-0.15, -0.1) is 0 Å². The van der Waals surface area contributed by atoms with Gasteiger partial charge in [0.25, 0.3) is 0 Å². The van der Waals surface area contributed by atoms with E-state index in [0.717, 1.165) is 25.1 Å². The van der Waals surface area contributed by atoms with Crippen molar-refractivity contribution in [1.82, 2.24) is 9.88 Å². The SMILES string of the molecule is C[C@@H](OC[C@H]1CCCN(C(=O)OC(C)(C)C)C1)c1ccccn1. The summed E-state index contributed by atoms with van der Waals surface area (Å²) in [6.45, 7) is 9.79. The number of piperidine rings is 1. The second-order valence-corrected chi connectivity index (χ2v) is 7.16. The molecule has 0 spiro atoms. The maximum atomic E-state index is 12.2. The number of amides is 1. The average molecular weight is 320 g/mol. The van der Waals surface area contributed by atoms with E-state index in [4.69, 9.17) is 9.47 Å². The third-order valence-corrected chi connectivity index (χ3v) is 3.86. The quantitative estimate of drug-likeness (QED) is 0.846. The van der Waals surface area contributed by atoms with Gasteiger partial charge < -0.3 is 14.4 Å². The highest BCUT2D eigenvalue weighted by molar-refractivity contribution is 5.68. The zero-order valence-corrected chi connectivity index (χ0v) is 14.6. The lowest BCUT2D eigenvalue weighted by molar-refractivity contribution is -0.00461. The van der Waals surface area contributed by atoms with Gasteiger partial charge in [-0.2, -0.15) is 0 Å². The summed E-state index contributed by atoms with van der Waals surface area (Å²) in [7, 11) is 0. The molecule has 0 saturated carbocycles. The second-order valence-electron chi connectivity index (χ2n) is 7.16. The average Bonchev–Trinajstić information content (AvgIpc) is 2.52. The summed E-state index contributed by atoms with van der Waals surface area (Å²) in [5.41, 5.74) is 0.487. The molecule has 1 aromatic heterocycles. The Balaban J connectivity index is 1.81. The van der Waals surface area contributed by atoms with Crippen molar-refractivity contribution >= 4 is 6.09 Å². The molecule has 1 amide bonds. The van der Waals surface area contributed by atoms with Crippen LogP contribution in [0.25, 0.3) is 0 Å². The highest BCUT2D eigenvalue weighted by Crippen LogP contribution is 2.22. The zero-order chi connectivity index (χ0) is 16.9. The topological polar surface area (TPSA) is 51.7 Å². The summed E-state index contributed by atoms with van der Waals surface area (Å²) in [6.07, 6.45) is 3.59. The number of hydrogen-bond donors (Lipinski definition) is 0. The maximum absolute atomic E-state index is 12.2. The summed E-state index contributed by atoms with van der Waals surface area (Å²) in [4.78, 5) is 18.3. The first-order chi connectivity index (χ1) is 10.8. The third-order valence-electron chi connectivity index (χ3n) is 3.86. The number of rotatable bonds is 4. The summed E-state index contributed by atoms with van der Waals surface area (Å²) >= 11 is 0. The second kappa shape index (κ2) is 7.77. The Kier molecular flexibility index (Phi) is 5.99. The number of aromatic nitrogens is 1. The van der Waals surface area contributed by atoms with Crippen LogP contribution in [0.5, 0.6) is 0 Å². The van der Waals surface area contributed by atoms with Crippen molar-refractivity contribution in [1.29, 1.82) is 0 Å². The highest BCUT2D eigenvalue weighted by Gasteiger charge is 2.28. The Hall–Kier alpha value is -1.62. The molecule has 23 heavy (non-hydrogen) atoms. The van der Waals surface area contributed by atoms with E-state index in [9.17, 15) is 4.79 Å². The Bertz CT molecular complexity index is 499. The molecule has 0 bridgehead atoms. The van der Waals surface area contributed by atoms with Gasteiger partial charge >= 0.3 is 6.09 Å². The van der Waals surface area contributed by atoms with Gasteiger partial charge in [-0.3, -0.25) is 4.98 Å². The number of nitrogens with zero attached hydrogens (tertiary/aromatic N) is 2. The van der Waals surface area contributed by atoms with Crippen LogP contribution in [0.1, 0.15) is 52.3 Å². The van der Waals surface area contributed by atoms with Crippen LogP contribution in [0.15, 0.2) is 24.4 Å². The van der Waals surface area contributed by atoms with Crippen LogP contribution < -0.4 is 0 Å². The van der Waals surface area contributed by atoms with E-state index in [1.54, 1.807) is 11.1 Å². The number of carbonyl (C=O) groups is 1. The molecule has 2 heterocycles. The molecule has 2 atom stereocenters. The fourth-order valence-electron chi connectivity index (χ4n) is 2.68. The normalized spacial score (nSPS) is 20.2. The van der Waals surface area contributed by atoms with Crippen molar-refractivity contribution in [3.05, 3.63) is 30.1 Å². The molecule has 1 saturated heterocycles. The van der Waals surface area contributed by atoms with Crippen LogP contribution >= 0.6 is 0 Å². The van der Waals surface area contributed by atoms with E-state index in [1.165, 1.54) is 0 Å². The molecule has 2 rings (SSSR count). The van der Waals surface area contributed by atoms with E-state index in [-0.39, 0.29) is 12.2 Å². The monoisotopic (exact) mass is 320 g/mol. The first kappa shape index (κ1) is 17.7. The third kappa shape index (κ3) is 5.82. The number of pyridine rings is 1. The first-order valence-electron chi connectivity index (χ1n) is 8.35. The van der Waals surface area contributed by atoms with Gasteiger partial charge in [0.15, 0.2) is 0 Å². The lowest BCUT2D eigenvalue weighted by Gasteiger charge is -2.34. The van der Waals surface area contributed by atoms with Crippen LogP contribution in [0.3, 0.4) is 0 Å². The number of carbonyl (C=O) groups excluding carboxylic acids is 1. The lowest BCUT2D eigenvalue weighted by atomic mass is 9.99. The molecule has 1 aromatic rings. The van der Waals surface area contributed by atoms with E-state index >= 15 is 0 Å². The predicted molar refractivity (Wildman–Crippen MR) is 89.1 cm³/mol. The Morgan fingerprint density at radius 1 is 1.43 bits per heavy atom. The van der Waals surface area contributed by atoms with Gasteiger partial charge in [0.2, 0.25) is 0 Å². The van der Waals surface area contributed by atoms with Crippen LogP contribution in [-0.2, 0) is 9.47 Å².